The van der Waals surface area contributed by atoms with Crippen LogP contribution in [0.5, 0.6) is 0 Å². The van der Waals surface area contributed by atoms with Gasteiger partial charge in [0.1, 0.15) is 0 Å². The fourth-order valence-electron chi connectivity index (χ4n) is 4.83. The number of likely N-dealkylation sites (N-methyl/N-ethyl adjacent to an activating group) is 1. The first-order valence-corrected chi connectivity index (χ1v) is 13.0. The largest absolute Gasteiger partial charge is 0.355 e. The lowest BCUT2D eigenvalue weighted by atomic mass is 9.96. The molecule has 0 atom stereocenters. The van der Waals surface area contributed by atoms with E-state index >= 15 is 0 Å². The third kappa shape index (κ3) is 4.32. The molecule has 1 N–H and O–H groups in total. The number of fused-ring (bicyclic) bond motifs is 2. The summed E-state index contributed by atoms with van der Waals surface area (Å²) < 4.78 is 1.17. The molecule has 1 aliphatic rings. The van der Waals surface area contributed by atoms with E-state index < -0.39 is 0 Å². The van der Waals surface area contributed by atoms with Gasteiger partial charge in [-0.3, -0.25) is 9.78 Å². The van der Waals surface area contributed by atoms with E-state index in [1.807, 2.05) is 34.8 Å². The molecule has 2 aromatic heterocycles. The Labute approximate surface area is 214 Å². The number of nitrogens with one attached hydrogen (secondary N) is 1. The first-order chi connectivity index (χ1) is 17.5. The maximum Gasteiger partial charge on any atom is 0.253 e. The van der Waals surface area contributed by atoms with E-state index in [-0.39, 0.29) is 5.91 Å². The minimum atomic E-state index is 0.115. The van der Waals surface area contributed by atoms with Crippen molar-refractivity contribution < 1.29 is 4.79 Å². The number of piperazine rings is 1. The van der Waals surface area contributed by atoms with E-state index in [1.165, 1.54) is 4.70 Å². The van der Waals surface area contributed by atoms with Crippen LogP contribution >= 0.6 is 11.3 Å². The summed E-state index contributed by atoms with van der Waals surface area (Å²) in [4.78, 5) is 26.3. The smallest absolute Gasteiger partial charge is 0.253 e. The van der Waals surface area contributed by atoms with Crippen LogP contribution in [0.3, 0.4) is 0 Å². The number of thiazole rings is 1. The number of carbonyl (C=O) groups excluding carboxylic acids is 1. The molecule has 7 heteroatoms. The number of aryl methyl sites for hydroxylation is 1. The van der Waals surface area contributed by atoms with Crippen LogP contribution in [0.1, 0.15) is 15.9 Å². The van der Waals surface area contributed by atoms with Crippen molar-refractivity contribution in [2.45, 2.75) is 6.92 Å². The van der Waals surface area contributed by atoms with Gasteiger partial charge in [0, 0.05) is 54.7 Å². The number of hydrogen-bond acceptors (Lipinski definition) is 6. The molecule has 0 unspecified atom stereocenters. The molecule has 0 saturated carbocycles. The van der Waals surface area contributed by atoms with Gasteiger partial charge >= 0.3 is 0 Å². The molecule has 6 nitrogen and oxygen atoms in total. The number of rotatable bonds is 4. The van der Waals surface area contributed by atoms with Crippen LogP contribution in [-0.4, -0.2) is 58.9 Å². The number of hydrogen-bond donors (Lipinski definition) is 1. The highest BCUT2D eigenvalue weighted by Crippen LogP contribution is 2.32. The lowest BCUT2D eigenvalue weighted by Crippen LogP contribution is -2.47. The van der Waals surface area contributed by atoms with Crippen molar-refractivity contribution in [3.8, 4) is 11.1 Å². The summed E-state index contributed by atoms with van der Waals surface area (Å²) in [6, 6.07) is 20.6. The second-order valence-electron chi connectivity index (χ2n) is 9.38. The zero-order valence-electron chi connectivity index (χ0n) is 20.4. The minimum Gasteiger partial charge on any atom is -0.355 e. The van der Waals surface area contributed by atoms with E-state index in [0.717, 1.165) is 76.2 Å². The Morgan fingerprint density at radius 3 is 2.61 bits per heavy atom. The van der Waals surface area contributed by atoms with Crippen molar-refractivity contribution >= 4 is 49.7 Å². The highest BCUT2D eigenvalue weighted by atomic mass is 32.1. The van der Waals surface area contributed by atoms with E-state index in [2.05, 4.69) is 76.6 Å². The number of amides is 1. The summed E-state index contributed by atoms with van der Waals surface area (Å²) in [7, 11) is 2.10. The van der Waals surface area contributed by atoms with Crippen LogP contribution in [0.15, 0.2) is 72.4 Å². The normalized spacial score (nSPS) is 14.4. The molecule has 5 aromatic rings. The molecule has 0 bridgehead atoms. The van der Waals surface area contributed by atoms with Gasteiger partial charge in [0.25, 0.3) is 5.91 Å². The van der Waals surface area contributed by atoms with E-state index in [1.54, 1.807) is 11.3 Å². The minimum absolute atomic E-state index is 0.115. The van der Waals surface area contributed by atoms with Crippen LogP contribution in [0.2, 0.25) is 0 Å². The van der Waals surface area contributed by atoms with Gasteiger partial charge in [-0.25, -0.2) is 4.98 Å². The van der Waals surface area contributed by atoms with E-state index in [0.29, 0.717) is 0 Å². The summed E-state index contributed by atoms with van der Waals surface area (Å²) in [5.41, 5.74) is 9.84. The highest BCUT2D eigenvalue weighted by molar-refractivity contribution is 7.16. The number of nitrogens with zero attached hydrogens (tertiary/aromatic N) is 4. The second kappa shape index (κ2) is 9.33. The van der Waals surface area contributed by atoms with Gasteiger partial charge in [-0.05, 0) is 79.2 Å². The van der Waals surface area contributed by atoms with Crippen molar-refractivity contribution in [1.82, 2.24) is 19.8 Å². The highest BCUT2D eigenvalue weighted by Gasteiger charge is 2.21. The Bertz CT molecular complexity index is 1590. The van der Waals surface area contributed by atoms with Gasteiger partial charge in [0.15, 0.2) is 0 Å². The zero-order valence-corrected chi connectivity index (χ0v) is 21.2. The maximum atomic E-state index is 13.1. The molecule has 0 spiro atoms. The molecule has 1 aliphatic heterocycles. The SMILES string of the molecule is Cc1cc(C(=O)N2CCN(C)CC2)ccc1-c1ccc2nccc(Nc3ccc4scnc4c3)c2c1. The summed E-state index contributed by atoms with van der Waals surface area (Å²) in [5.74, 6) is 0.115. The Morgan fingerprint density at radius 2 is 1.78 bits per heavy atom. The van der Waals surface area contributed by atoms with Gasteiger partial charge in [-0.1, -0.05) is 12.1 Å². The van der Waals surface area contributed by atoms with Crippen LogP contribution < -0.4 is 5.32 Å². The third-order valence-corrected chi connectivity index (χ3v) is 7.74. The molecule has 3 aromatic carbocycles. The number of anilines is 2. The van der Waals surface area contributed by atoms with Crippen molar-refractivity contribution in [1.29, 1.82) is 0 Å². The molecular weight excluding hydrogens is 466 g/mol. The standard InChI is InChI=1S/C29H27N5OS/c1-19-15-21(29(35)34-13-11-33(2)12-14-34)3-6-23(19)20-4-7-25-24(16-20)26(9-10-30-25)32-22-5-8-28-27(17-22)31-18-36-28/h3-10,15-18H,11-14H2,1-2H3,(H,30,32). The topological polar surface area (TPSA) is 61.4 Å². The van der Waals surface area contributed by atoms with E-state index in [9.17, 15) is 4.79 Å². The monoisotopic (exact) mass is 493 g/mol. The average molecular weight is 494 g/mol. The number of pyridine rings is 1. The lowest BCUT2D eigenvalue weighted by molar-refractivity contribution is 0.0664. The quantitative estimate of drug-likeness (QED) is 0.335. The van der Waals surface area contributed by atoms with Gasteiger partial charge in [-0.15, -0.1) is 11.3 Å². The molecule has 3 heterocycles. The first-order valence-electron chi connectivity index (χ1n) is 12.1. The predicted molar refractivity (Wildman–Crippen MR) is 148 cm³/mol. The zero-order chi connectivity index (χ0) is 24.6. The second-order valence-corrected chi connectivity index (χ2v) is 10.3. The van der Waals surface area contributed by atoms with E-state index in [4.69, 9.17) is 0 Å². The molecule has 1 amide bonds. The van der Waals surface area contributed by atoms with Crippen LogP contribution in [0.4, 0.5) is 11.4 Å². The summed E-state index contributed by atoms with van der Waals surface area (Å²) in [5, 5.41) is 4.60. The molecule has 36 heavy (non-hydrogen) atoms. The summed E-state index contributed by atoms with van der Waals surface area (Å²) in [6.45, 7) is 5.47. The summed E-state index contributed by atoms with van der Waals surface area (Å²) in [6.07, 6.45) is 1.83. The molecule has 180 valence electrons. The Morgan fingerprint density at radius 1 is 0.917 bits per heavy atom. The number of benzene rings is 3. The van der Waals surface area contributed by atoms with Gasteiger partial charge in [0.2, 0.25) is 0 Å². The Balaban J connectivity index is 1.31. The maximum absolute atomic E-state index is 13.1. The van der Waals surface area contributed by atoms with Crippen molar-refractivity contribution in [3.05, 3.63) is 83.5 Å². The van der Waals surface area contributed by atoms with Crippen LogP contribution in [0, 0.1) is 6.92 Å². The molecular formula is C29H27N5OS. The summed E-state index contributed by atoms with van der Waals surface area (Å²) >= 11 is 1.64. The van der Waals surface area contributed by atoms with Gasteiger partial charge in [-0.2, -0.15) is 0 Å². The first kappa shape index (κ1) is 22.6. The molecule has 0 radical (unpaired) electrons. The Hall–Kier alpha value is -3.81. The van der Waals surface area contributed by atoms with Gasteiger partial charge < -0.3 is 15.1 Å². The molecule has 0 aliphatic carbocycles. The van der Waals surface area contributed by atoms with Crippen molar-refractivity contribution in [2.24, 2.45) is 0 Å². The fourth-order valence-corrected chi connectivity index (χ4v) is 5.49. The third-order valence-electron chi connectivity index (χ3n) is 6.93. The molecule has 1 fully saturated rings. The predicted octanol–water partition coefficient (Wildman–Crippen LogP) is 5.95. The van der Waals surface area contributed by atoms with Crippen molar-refractivity contribution in [2.75, 3.05) is 38.5 Å². The molecule has 1 saturated heterocycles. The lowest BCUT2D eigenvalue weighted by Gasteiger charge is -2.32. The number of carbonyl (C=O) groups is 1. The number of aromatic nitrogens is 2. The average Bonchev–Trinajstić information content (AvgIpc) is 3.37. The Kier molecular flexibility index (Phi) is 5.87. The van der Waals surface area contributed by atoms with Gasteiger partial charge in [0.05, 0.1) is 21.2 Å². The van der Waals surface area contributed by atoms with Crippen LogP contribution in [-0.2, 0) is 0 Å². The van der Waals surface area contributed by atoms with Crippen molar-refractivity contribution in [3.63, 3.8) is 0 Å². The fraction of sp³-hybridized carbons (Fsp3) is 0.207. The van der Waals surface area contributed by atoms with Crippen LogP contribution in [0.25, 0.3) is 32.2 Å². The molecule has 6 rings (SSSR count).